The fraction of sp³-hybridized carbons (Fsp3) is 0.300. The fourth-order valence-corrected chi connectivity index (χ4v) is 3.66. The molecule has 2 aromatic heterocycles. The zero-order valence-corrected chi connectivity index (χ0v) is 15.3. The Bertz CT molecular complexity index is 1150. The van der Waals surface area contributed by atoms with Crippen molar-refractivity contribution in [3.63, 3.8) is 0 Å². The number of nitrogens with zero attached hydrogens (tertiary/aromatic N) is 4. The van der Waals surface area contributed by atoms with Gasteiger partial charge in [0, 0.05) is 23.7 Å². The number of rotatable bonds is 4. The minimum Gasteiger partial charge on any atom is -0.495 e. The Morgan fingerprint density at radius 2 is 2.11 bits per heavy atom. The second-order valence-electron chi connectivity index (χ2n) is 6.73. The first kappa shape index (κ1) is 17.9. The van der Waals surface area contributed by atoms with Gasteiger partial charge in [-0.2, -0.15) is 10.2 Å². The van der Waals surface area contributed by atoms with E-state index in [-0.39, 0.29) is 23.1 Å². The molecule has 0 saturated heterocycles. The lowest BCUT2D eigenvalue weighted by atomic mass is 10.2. The summed E-state index contributed by atoms with van der Waals surface area (Å²) < 4.78 is 20.5. The number of hydrogen-bond donors (Lipinski definition) is 1. The Labute approximate surface area is 160 Å². The van der Waals surface area contributed by atoms with E-state index in [0.717, 1.165) is 25.7 Å². The van der Waals surface area contributed by atoms with Gasteiger partial charge in [0.2, 0.25) is 5.95 Å². The topological polar surface area (TPSA) is 92.8 Å². The molecule has 142 valence electrons. The molecule has 1 aromatic carbocycles. The number of methoxy groups -OCH3 is 1. The van der Waals surface area contributed by atoms with E-state index in [1.54, 1.807) is 10.8 Å². The van der Waals surface area contributed by atoms with Crippen LogP contribution in [0.15, 0.2) is 35.3 Å². The summed E-state index contributed by atoms with van der Waals surface area (Å²) in [6.07, 6.45) is 5.36. The quantitative estimate of drug-likeness (QED) is 0.743. The number of benzene rings is 1. The number of nitrogens with one attached hydrogen (secondary N) is 1. The van der Waals surface area contributed by atoms with Crippen molar-refractivity contribution in [2.45, 2.75) is 31.7 Å². The largest absolute Gasteiger partial charge is 0.495 e. The van der Waals surface area contributed by atoms with Crippen LogP contribution < -0.4 is 15.6 Å². The van der Waals surface area contributed by atoms with E-state index in [2.05, 4.69) is 15.3 Å². The lowest BCUT2D eigenvalue weighted by Gasteiger charge is -2.17. The molecule has 28 heavy (non-hydrogen) atoms. The summed E-state index contributed by atoms with van der Waals surface area (Å²) in [5.74, 6) is 0.232. The molecule has 7 nitrogen and oxygen atoms in total. The summed E-state index contributed by atoms with van der Waals surface area (Å²) >= 11 is 0. The van der Waals surface area contributed by atoms with E-state index in [9.17, 15) is 14.4 Å². The van der Waals surface area contributed by atoms with Crippen LogP contribution in [0.2, 0.25) is 0 Å². The maximum atomic E-state index is 13.6. The Morgan fingerprint density at radius 3 is 2.82 bits per heavy atom. The normalized spacial score (nSPS) is 14.2. The van der Waals surface area contributed by atoms with E-state index in [4.69, 9.17) is 4.74 Å². The third-order valence-corrected chi connectivity index (χ3v) is 4.99. The second kappa shape index (κ2) is 7.27. The van der Waals surface area contributed by atoms with Gasteiger partial charge in [-0.25, -0.2) is 9.37 Å². The van der Waals surface area contributed by atoms with Crippen LogP contribution in [-0.4, -0.2) is 21.6 Å². The molecule has 1 N–H and O–H groups in total. The molecule has 1 saturated carbocycles. The molecule has 0 spiro atoms. The maximum absolute atomic E-state index is 13.6. The highest BCUT2D eigenvalue weighted by Crippen LogP contribution is 2.31. The van der Waals surface area contributed by atoms with Crippen LogP contribution in [0, 0.1) is 17.1 Å². The highest BCUT2D eigenvalue weighted by Gasteiger charge is 2.22. The summed E-state index contributed by atoms with van der Waals surface area (Å²) in [6.45, 7) is 0. The monoisotopic (exact) mass is 379 g/mol. The molecule has 1 aliphatic rings. The van der Waals surface area contributed by atoms with Gasteiger partial charge in [-0.15, -0.1) is 0 Å². The molecule has 0 bridgehead atoms. The predicted molar refractivity (Wildman–Crippen MR) is 102 cm³/mol. The smallest absolute Gasteiger partial charge is 0.270 e. The Morgan fingerprint density at radius 1 is 1.32 bits per heavy atom. The Balaban J connectivity index is 1.85. The summed E-state index contributed by atoms with van der Waals surface area (Å²) in [5.41, 5.74) is 0.583. The number of pyridine rings is 1. The third-order valence-electron chi connectivity index (χ3n) is 4.99. The summed E-state index contributed by atoms with van der Waals surface area (Å²) in [7, 11) is 1.49. The van der Waals surface area contributed by atoms with Crippen molar-refractivity contribution in [1.82, 2.24) is 14.5 Å². The second-order valence-corrected chi connectivity index (χ2v) is 6.73. The number of hydrogen-bond acceptors (Lipinski definition) is 6. The van der Waals surface area contributed by atoms with Crippen LogP contribution in [0.3, 0.4) is 0 Å². The molecule has 0 aliphatic heterocycles. The van der Waals surface area contributed by atoms with Crippen LogP contribution >= 0.6 is 0 Å². The van der Waals surface area contributed by atoms with Crippen LogP contribution in [0.5, 0.6) is 5.75 Å². The number of fused-ring (bicyclic) bond motifs is 1. The van der Waals surface area contributed by atoms with Crippen molar-refractivity contribution < 1.29 is 9.13 Å². The first-order valence-electron chi connectivity index (χ1n) is 9.03. The minimum absolute atomic E-state index is 0.00903. The molecule has 1 fully saturated rings. The summed E-state index contributed by atoms with van der Waals surface area (Å²) in [6, 6.07) is 7.57. The van der Waals surface area contributed by atoms with Crippen molar-refractivity contribution in [3.05, 3.63) is 52.2 Å². The molecular formula is C20H18FN5O2. The maximum Gasteiger partial charge on any atom is 0.270 e. The lowest BCUT2D eigenvalue weighted by Crippen LogP contribution is -2.26. The average Bonchev–Trinajstić information content (AvgIpc) is 3.22. The van der Waals surface area contributed by atoms with Gasteiger partial charge in [0.15, 0.2) is 0 Å². The van der Waals surface area contributed by atoms with Gasteiger partial charge < -0.3 is 10.1 Å². The van der Waals surface area contributed by atoms with Gasteiger partial charge in [-0.1, -0.05) is 12.8 Å². The highest BCUT2D eigenvalue weighted by molar-refractivity contribution is 5.78. The van der Waals surface area contributed by atoms with E-state index in [0.29, 0.717) is 22.5 Å². The van der Waals surface area contributed by atoms with E-state index >= 15 is 0 Å². The van der Waals surface area contributed by atoms with Crippen molar-refractivity contribution in [1.29, 1.82) is 5.26 Å². The zero-order chi connectivity index (χ0) is 19.7. The zero-order valence-electron chi connectivity index (χ0n) is 15.3. The molecule has 8 heteroatoms. The first-order valence-corrected chi connectivity index (χ1v) is 9.03. The molecule has 2 heterocycles. The molecule has 0 radical (unpaired) electrons. The number of ether oxygens (including phenoxy) is 1. The fourth-order valence-electron chi connectivity index (χ4n) is 3.66. The third kappa shape index (κ3) is 3.16. The predicted octanol–water partition coefficient (Wildman–Crippen LogP) is 3.67. The number of aromatic nitrogens is 3. The van der Waals surface area contributed by atoms with E-state index in [1.165, 1.54) is 31.4 Å². The van der Waals surface area contributed by atoms with Gasteiger partial charge >= 0.3 is 0 Å². The molecule has 3 aromatic rings. The summed E-state index contributed by atoms with van der Waals surface area (Å²) in [5, 5.41) is 12.9. The van der Waals surface area contributed by atoms with Crippen LogP contribution in [-0.2, 0) is 0 Å². The van der Waals surface area contributed by atoms with Gasteiger partial charge in [0.1, 0.15) is 28.8 Å². The molecule has 0 atom stereocenters. The van der Waals surface area contributed by atoms with Gasteiger partial charge in [0.05, 0.1) is 12.8 Å². The van der Waals surface area contributed by atoms with Crippen molar-refractivity contribution in [2.75, 3.05) is 12.4 Å². The SMILES string of the molecule is COc1ccc(F)cc1Nc1ncc2cc(C#N)c(=O)n(C3CCCC3)c2n1. The molecule has 4 rings (SSSR count). The lowest BCUT2D eigenvalue weighted by molar-refractivity contribution is 0.415. The van der Waals surface area contributed by atoms with Crippen molar-refractivity contribution in [2.24, 2.45) is 0 Å². The van der Waals surface area contributed by atoms with Gasteiger partial charge in [-0.3, -0.25) is 9.36 Å². The van der Waals surface area contributed by atoms with Crippen LogP contribution in [0.25, 0.3) is 11.0 Å². The van der Waals surface area contributed by atoms with Crippen LogP contribution in [0.4, 0.5) is 16.0 Å². The van der Waals surface area contributed by atoms with Gasteiger partial charge in [0.25, 0.3) is 5.56 Å². The van der Waals surface area contributed by atoms with Crippen LogP contribution in [0.1, 0.15) is 37.3 Å². The Hall–Kier alpha value is -3.47. The summed E-state index contributed by atoms with van der Waals surface area (Å²) in [4.78, 5) is 21.6. The van der Waals surface area contributed by atoms with E-state index in [1.807, 2.05) is 6.07 Å². The highest BCUT2D eigenvalue weighted by atomic mass is 19.1. The Kier molecular flexibility index (Phi) is 4.65. The molecule has 0 amide bonds. The van der Waals surface area contributed by atoms with E-state index < -0.39 is 5.82 Å². The standard InChI is InChI=1S/C20H18FN5O2/c1-28-17-7-6-14(21)9-16(17)24-20-23-11-13-8-12(10-22)19(27)26(18(13)25-20)15-4-2-3-5-15/h6-9,11,15H,2-5H2,1H3,(H,23,24,25). The number of nitriles is 1. The number of anilines is 2. The van der Waals surface area contributed by atoms with Crippen molar-refractivity contribution >= 4 is 22.7 Å². The first-order chi connectivity index (χ1) is 13.6. The molecule has 1 aliphatic carbocycles. The van der Waals surface area contributed by atoms with Gasteiger partial charge in [-0.05, 0) is 31.0 Å². The average molecular weight is 379 g/mol. The molecular weight excluding hydrogens is 361 g/mol. The minimum atomic E-state index is -0.425. The van der Waals surface area contributed by atoms with Crippen molar-refractivity contribution in [3.8, 4) is 11.8 Å². The number of halogens is 1. The molecule has 0 unspecified atom stereocenters.